The summed E-state index contributed by atoms with van der Waals surface area (Å²) in [6.07, 6.45) is 0.115. The number of methoxy groups -OCH3 is 1. The number of amides is 1. The fraction of sp³-hybridized carbons (Fsp3) is 0.500. The van der Waals surface area contributed by atoms with Crippen molar-refractivity contribution in [3.63, 3.8) is 0 Å². The van der Waals surface area contributed by atoms with Crippen molar-refractivity contribution in [3.05, 3.63) is 23.8 Å². The summed E-state index contributed by atoms with van der Waals surface area (Å²) in [5, 5.41) is 2.55. The highest BCUT2D eigenvalue weighted by Gasteiger charge is 2.16. The molecule has 1 amide bonds. The van der Waals surface area contributed by atoms with E-state index in [0.717, 1.165) is 5.56 Å². The van der Waals surface area contributed by atoms with Crippen molar-refractivity contribution in [2.45, 2.75) is 32.4 Å². The first-order valence-electron chi connectivity index (χ1n) is 6.28. The van der Waals surface area contributed by atoms with E-state index in [1.165, 1.54) is 0 Å². The number of hydrogen-bond acceptors (Lipinski definition) is 4. The highest BCUT2D eigenvalue weighted by Crippen LogP contribution is 2.26. The van der Waals surface area contributed by atoms with Crippen molar-refractivity contribution in [3.8, 4) is 11.5 Å². The number of ether oxygens (including phenoxy) is 2. The zero-order chi connectivity index (χ0) is 14.4. The van der Waals surface area contributed by atoms with Gasteiger partial charge in [0.1, 0.15) is 11.5 Å². The van der Waals surface area contributed by atoms with Gasteiger partial charge in [0.25, 0.3) is 5.91 Å². The van der Waals surface area contributed by atoms with Crippen molar-refractivity contribution in [1.82, 2.24) is 5.32 Å². The van der Waals surface area contributed by atoms with Gasteiger partial charge in [-0.15, -0.1) is 0 Å². The fourth-order valence-electron chi connectivity index (χ4n) is 1.73. The van der Waals surface area contributed by atoms with Crippen LogP contribution in [0.5, 0.6) is 11.5 Å². The molecule has 5 heteroatoms. The lowest BCUT2D eigenvalue weighted by Crippen LogP contribution is -2.34. The van der Waals surface area contributed by atoms with Gasteiger partial charge in [-0.2, -0.15) is 0 Å². The highest BCUT2D eigenvalue weighted by molar-refractivity contribution is 5.80. The molecule has 5 nitrogen and oxygen atoms in total. The zero-order valence-electron chi connectivity index (χ0n) is 11.9. The van der Waals surface area contributed by atoms with E-state index in [-0.39, 0.29) is 11.9 Å². The van der Waals surface area contributed by atoms with Crippen LogP contribution in [0.4, 0.5) is 0 Å². The molecular weight excluding hydrogens is 244 g/mol. The Labute approximate surface area is 114 Å². The highest BCUT2D eigenvalue weighted by atomic mass is 16.5. The van der Waals surface area contributed by atoms with Crippen molar-refractivity contribution < 1.29 is 14.3 Å². The standard InChI is InChI=1S/C14H22N2O3/c1-9(15)7-11-5-6-12(18-4)8-13(11)19-10(2)14(17)16-3/h5-6,8-10H,7,15H2,1-4H3,(H,16,17). The molecule has 0 saturated carbocycles. The molecule has 0 aromatic heterocycles. The molecule has 1 aromatic rings. The van der Waals surface area contributed by atoms with Crippen LogP contribution in [0.2, 0.25) is 0 Å². The van der Waals surface area contributed by atoms with Gasteiger partial charge in [-0.25, -0.2) is 0 Å². The average Bonchev–Trinajstić information content (AvgIpc) is 2.39. The molecule has 2 unspecified atom stereocenters. The minimum atomic E-state index is -0.566. The molecule has 19 heavy (non-hydrogen) atoms. The van der Waals surface area contributed by atoms with E-state index < -0.39 is 6.10 Å². The number of benzene rings is 1. The van der Waals surface area contributed by atoms with Gasteiger partial charge in [0.2, 0.25) is 0 Å². The molecule has 1 rings (SSSR count). The molecule has 0 bridgehead atoms. The Morgan fingerprint density at radius 2 is 2.11 bits per heavy atom. The molecule has 0 spiro atoms. The van der Waals surface area contributed by atoms with Crippen LogP contribution in [0.25, 0.3) is 0 Å². The number of likely N-dealkylation sites (N-methyl/N-ethyl adjacent to an activating group) is 1. The second-order valence-electron chi connectivity index (χ2n) is 4.53. The lowest BCUT2D eigenvalue weighted by Gasteiger charge is -2.18. The zero-order valence-corrected chi connectivity index (χ0v) is 11.9. The van der Waals surface area contributed by atoms with Crippen LogP contribution in [0, 0.1) is 0 Å². The number of rotatable bonds is 6. The molecule has 0 fully saturated rings. The van der Waals surface area contributed by atoms with Crippen LogP contribution in [-0.2, 0) is 11.2 Å². The Morgan fingerprint density at radius 3 is 2.63 bits per heavy atom. The van der Waals surface area contributed by atoms with Crippen LogP contribution in [-0.4, -0.2) is 32.2 Å². The molecule has 1 aromatic carbocycles. The average molecular weight is 266 g/mol. The van der Waals surface area contributed by atoms with Crippen molar-refractivity contribution in [2.75, 3.05) is 14.2 Å². The monoisotopic (exact) mass is 266 g/mol. The van der Waals surface area contributed by atoms with E-state index in [9.17, 15) is 4.79 Å². The molecule has 3 N–H and O–H groups in total. The normalized spacial score (nSPS) is 13.5. The molecule has 106 valence electrons. The van der Waals surface area contributed by atoms with E-state index in [4.69, 9.17) is 15.2 Å². The maximum atomic E-state index is 11.5. The molecule has 2 atom stereocenters. The van der Waals surface area contributed by atoms with E-state index in [1.807, 2.05) is 19.1 Å². The van der Waals surface area contributed by atoms with Crippen LogP contribution in [0.3, 0.4) is 0 Å². The number of hydrogen-bond donors (Lipinski definition) is 2. The molecule has 0 aliphatic carbocycles. The molecular formula is C14H22N2O3. The minimum Gasteiger partial charge on any atom is -0.497 e. The largest absolute Gasteiger partial charge is 0.497 e. The Balaban J connectivity index is 2.97. The quantitative estimate of drug-likeness (QED) is 0.808. The van der Waals surface area contributed by atoms with Gasteiger partial charge in [0.05, 0.1) is 7.11 Å². The Kier molecular flexibility index (Phi) is 5.63. The first kappa shape index (κ1) is 15.3. The second kappa shape index (κ2) is 6.99. The van der Waals surface area contributed by atoms with E-state index >= 15 is 0 Å². The van der Waals surface area contributed by atoms with E-state index in [0.29, 0.717) is 17.9 Å². The number of carbonyl (C=O) groups excluding carboxylic acids is 1. The Morgan fingerprint density at radius 1 is 1.42 bits per heavy atom. The molecule has 0 aliphatic rings. The van der Waals surface area contributed by atoms with Crippen LogP contribution in [0.1, 0.15) is 19.4 Å². The third-order valence-electron chi connectivity index (χ3n) is 2.74. The first-order valence-corrected chi connectivity index (χ1v) is 6.28. The SMILES string of the molecule is CNC(=O)C(C)Oc1cc(OC)ccc1CC(C)N. The van der Waals surface area contributed by atoms with Gasteiger partial charge in [0, 0.05) is 19.2 Å². The third kappa shape index (κ3) is 4.44. The number of carbonyl (C=O) groups is 1. The smallest absolute Gasteiger partial charge is 0.260 e. The summed E-state index contributed by atoms with van der Waals surface area (Å²) >= 11 is 0. The lowest BCUT2D eigenvalue weighted by atomic mass is 10.1. The molecule has 0 heterocycles. The van der Waals surface area contributed by atoms with Crippen molar-refractivity contribution in [1.29, 1.82) is 0 Å². The molecule has 0 aliphatic heterocycles. The number of nitrogens with one attached hydrogen (secondary N) is 1. The summed E-state index contributed by atoms with van der Waals surface area (Å²) in [6.45, 7) is 3.63. The van der Waals surface area contributed by atoms with Crippen LogP contribution >= 0.6 is 0 Å². The van der Waals surface area contributed by atoms with Crippen molar-refractivity contribution in [2.24, 2.45) is 5.73 Å². The van der Waals surface area contributed by atoms with Gasteiger partial charge in [-0.05, 0) is 31.9 Å². The second-order valence-corrected chi connectivity index (χ2v) is 4.53. The maximum absolute atomic E-state index is 11.5. The van der Waals surface area contributed by atoms with Gasteiger partial charge in [0.15, 0.2) is 6.10 Å². The van der Waals surface area contributed by atoms with Gasteiger partial charge in [-0.3, -0.25) is 4.79 Å². The minimum absolute atomic E-state index is 0.0195. The number of nitrogens with two attached hydrogens (primary N) is 1. The summed E-state index contributed by atoms with van der Waals surface area (Å²) in [5.74, 6) is 1.15. The van der Waals surface area contributed by atoms with Crippen molar-refractivity contribution >= 4 is 5.91 Å². The maximum Gasteiger partial charge on any atom is 0.260 e. The van der Waals surface area contributed by atoms with Gasteiger partial charge < -0.3 is 20.5 Å². The van der Waals surface area contributed by atoms with E-state index in [2.05, 4.69) is 5.32 Å². The predicted molar refractivity (Wildman–Crippen MR) is 74.5 cm³/mol. The fourth-order valence-corrected chi connectivity index (χ4v) is 1.73. The summed E-state index contributed by atoms with van der Waals surface area (Å²) < 4.78 is 10.9. The summed E-state index contributed by atoms with van der Waals surface area (Å²) in [7, 11) is 3.17. The van der Waals surface area contributed by atoms with Gasteiger partial charge >= 0.3 is 0 Å². The lowest BCUT2D eigenvalue weighted by molar-refractivity contribution is -0.126. The Bertz CT molecular complexity index is 433. The molecule has 0 radical (unpaired) electrons. The third-order valence-corrected chi connectivity index (χ3v) is 2.74. The van der Waals surface area contributed by atoms with Gasteiger partial charge in [-0.1, -0.05) is 6.07 Å². The summed E-state index contributed by atoms with van der Waals surface area (Å²) in [5.41, 5.74) is 6.78. The summed E-state index contributed by atoms with van der Waals surface area (Å²) in [4.78, 5) is 11.5. The first-order chi connectivity index (χ1) is 8.97. The van der Waals surface area contributed by atoms with Crippen LogP contribution < -0.4 is 20.5 Å². The van der Waals surface area contributed by atoms with Crippen LogP contribution in [0.15, 0.2) is 18.2 Å². The van der Waals surface area contributed by atoms with E-state index in [1.54, 1.807) is 27.1 Å². The Hall–Kier alpha value is -1.75. The topological polar surface area (TPSA) is 73.6 Å². The summed E-state index contributed by atoms with van der Waals surface area (Å²) in [6, 6.07) is 5.56. The predicted octanol–water partition coefficient (Wildman–Crippen LogP) is 1.10. The molecule has 0 saturated heterocycles.